The maximum atomic E-state index is 11.3. The van der Waals surface area contributed by atoms with Crippen LogP contribution in [-0.4, -0.2) is 37.8 Å². The lowest BCUT2D eigenvalue weighted by molar-refractivity contribution is -0.384. The van der Waals surface area contributed by atoms with Gasteiger partial charge >= 0.3 is 5.69 Å². The molecule has 8 heteroatoms. The number of hydrogen-bond donors (Lipinski definition) is 0. The van der Waals surface area contributed by atoms with Crippen LogP contribution in [0.15, 0.2) is 18.3 Å². The summed E-state index contributed by atoms with van der Waals surface area (Å²) in [7, 11) is 0. The summed E-state index contributed by atoms with van der Waals surface area (Å²) >= 11 is 0. The summed E-state index contributed by atoms with van der Waals surface area (Å²) in [5.74, 6) is 2.84. The van der Waals surface area contributed by atoms with Gasteiger partial charge in [-0.15, -0.1) is 10.2 Å². The van der Waals surface area contributed by atoms with Crippen LogP contribution in [0, 0.1) is 10.1 Å². The fourth-order valence-electron chi connectivity index (χ4n) is 3.96. The second kappa shape index (κ2) is 6.78. The lowest BCUT2D eigenvalue weighted by Gasteiger charge is -2.32. The van der Waals surface area contributed by atoms with Crippen LogP contribution in [0.5, 0.6) is 0 Å². The van der Waals surface area contributed by atoms with Crippen molar-refractivity contribution in [3.63, 3.8) is 0 Å². The minimum atomic E-state index is -0.352. The van der Waals surface area contributed by atoms with Crippen LogP contribution in [0.2, 0.25) is 0 Å². The molecule has 0 aliphatic carbocycles. The molecule has 0 saturated carbocycles. The summed E-state index contributed by atoms with van der Waals surface area (Å²) in [5, 5.41) is 20.2. The second-order valence-electron chi connectivity index (χ2n) is 6.83. The van der Waals surface area contributed by atoms with Gasteiger partial charge in [0.1, 0.15) is 11.6 Å². The summed E-state index contributed by atoms with van der Waals surface area (Å²) in [5.41, 5.74) is 0.0724. The van der Waals surface area contributed by atoms with E-state index in [4.69, 9.17) is 0 Å². The van der Waals surface area contributed by atoms with Gasteiger partial charge in [-0.25, -0.2) is 4.98 Å². The van der Waals surface area contributed by atoms with E-state index in [1.165, 1.54) is 25.3 Å². The van der Waals surface area contributed by atoms with Crippen LogP contribution < -0.4 is 4.90 Å². The van der Waals surface area contributed by atoms with Crippen molar-refractivity contribution >= 4 is 11.5 Å². The summed E-state index contributed by atoms with van der Waals surface area (Å²) in [6, 6.07) is 3.14. The largest absolute Gasteiger partial charge is 0.350 e. The number of fused-ring (bicyclic) bond motifs is 1. The fourth-order valence-corrected chi connectivity index (χ4v) is 3.96. The Bertz CT molecular complexity index is 774. The maximum absolute atomic E-state index is 11.3. The number of hydrogen-bond acceptors (Lipinski definition) is 6. The Morgan fingerprint density at radius 1 is 1.16 bits per heavy atom. The van der Waals surface area contributed by atoms with Gasteiger partial charge in [0.25, 0.3) is 0 Å². The van der Waals surface area contributed by atoms with Crippen molar-refractivity contribution in [2.75, 3.05) is 18.0 Å². The van der Waals surface area contributed by atoms with Crippen molar-refractivity contribution in [1.29, 1.82) is 0 Å². The molecule has 0 radical (unpaired) electrons. The monoisotopic (exact) mass is 342 g/mol. The number of rotatable bonds is 3. The molecule has 8 nitrogen and oxygen atoms in total. The predicted octanol–water partition coefficient (Wildman–Crippen LogP) is 2.69. The highest BCUT2D eigenvalue weighted by molar-refractivity contribution is 5.57. The van der Waals surface area contributed by atoms with Crippen molar-refractivity contribution in [1.82, 2.24) is 19.7 Å². The van der Waals surface area contributed by atoms with E-state index >= 15 is 0 Å². The van der Waals surface area contributed by atoms with Crippen LogP contribution >= 0.6 is 0 Å². The molecule has 0 unspecified atom stereocenters. The molecule has 4 rings (SSSR count). The van der Waals surface area contributed by atoms with E-state index in [-0.39, 0.29) is 16.5 Å². The molecule has 0 aromatic carbocycles. The Labute approximate surface area is 146 Å². The van der Waals surface area contributed by atoms with E-state index in [1.807, 2.05) is 4.90 Å². The van der Waals surface area contributed by atoms with Crippen molar-refractivity contribution in [3.05, 3.63) is 40.1 Å². The van der Waals surface area contributed by atoms with E-state index in [0.29, 0.717) is 12.4 Å². The van der Waals surface area contributed by atoms with Gasteiger partial charge in [0.15, 0.2) is 0 Å². The molecule has 0 spiro atoms. The quantitative estimate of drug-likeness (QED) is 0.629. The Balaban J connectivity index is 1.60. The number of nitro groups is 1. The number of nitrogens with zero attached hydrogens (tertiary/aromatic N) is 6. The zero-order valence-corrected chi connectivity index (χ0v) is 14.2. The summed E-state index contributed by atoms with van der Waals surface area (Å²) in [4.78, 5) is 17.3. The first-order valence-electron chi connectivity index (χ1n) is 9.00. The van der Waals surface area contributed by atoms with Crippen LogP contribution in [-0.2, 0) is 13.0 Å². The smallest absolute Gasteiger partial charge is 0.311 e. The molecule has 1 saturated heterocycles. The van der Waals surface area contributed by atoms with Gasteiger partial charge in [-0.05, 0) is 31.7 Å². The van der Waals surface area contributed by atoms with Crippen molar-refractivity contribution in [2.45, 2.75) is 51.0 Å². The molecule has 0 N–H and O–H groups in total. The summed E-state index contributed by atoms with van der Waals surface area (Å²) < 4.78 is 2.29. The first-order valence-corrected chi connectivity index (χ1v) is 9.00. The molecule has 1 fully saturated rings. The Morgan fingerprint density at radius 2 is 2.08 bits per heavy atom. The molecule has 2 aliphatic rings. The molecule has 25 heavy (non-hydrogen) atoms. The average molecular weight is 342 g/mol. The fraction of sp³-hybridized carbons (Fsp3) is 0.588. The van der Waals surface area contributed by atoms with E-state index < -0.39 is 0 Å². The number of anilines is 1. The summed E-state index contributed by atoms with van der Waals surface area (Å²) in [6.07, 6.45) is 8.20. The molecule has 2 aromatic heterocycles. The molecule has 2 aliphatic heterocycles. The van der Waals surface area contributed by atoms with Gasteiger partial charge in [-0.2, -0.15) is 0 Å². The van der Waals surface area contributed by atoms with Crippen molar-refractivity contribution in [3.8, 4) is 0 Å². The molecule has 1 atom stereocenters. The van der Waals surface area contributed by atoms with Crippen LogP contribution in [0.25, 0.3) is 0 Å². The number of piperidine rings is 1. The highest BCUT2D eigenvalue weighted by Gasteiger charge is 2.30. The molecule has 0 bridgehead atoms. The molecular weight excluding hydrogens is 320 g/mol. The van der Waals surface area contributed by atoms with Crippen LogP contribution in [0.4, 0.5) is 11.5 Å². The third kappa shape index (κ3) is 3.08. The van der Waals surface area contributed by atoms with Crippen LogP contribution in [0.3, 0.4) is 0 Å². The molecule has 2 aromatic rings. The normalized spacial score (nSPS) is 20.8. The SMILES string of the molecule is O=[N+]([O-])c1cccnc1N1CCC[C@@H](c2nnc3n2CCCCC3)C1. The molecular formula is C17H22N6O2. The molecule has 0 amide bonds. The predicted molar refractivity (Wildman–Crippen MR) is 92.7 cm³/mol. The van der Waals surface area contributed by atoms with Gasteiger partial charge in [0.2, 0.25) is 5.82 Å². The first-order chi connectivity index (χ1) is 12.2. The second-order valence-corrected chi connectivity index (χ2v) is 6.83. The Kier molecular flexibility index (Phi) is 4.33. The van der Waals surface area contributed by atoms with Gasteiger partial charge in [0, 0.05) is 44.2 Å². The minimum Gasteiger partial charge on any atom is -0.350 e. The number of pyridine rings is 1. The Morgan fingerprint density at radius 3 is 2.96 bits per heavy atom. The lowest BCUT2D eigenvalue weighted by Crippen LogP contribution is -2.36. The lowest BCUT2D eigenvalue weighted by atomic mass is 9.97. The van der Waals surface area contributed by atoms with Crippen molar-refractivity contribution < 1.29 is 4.92 Å². The standard InChI is InChI=1S/C17H22N6O2/c24-23(25)14-7-4-9-18-17(14)21-10-5-6-13(12-21)16-20-19-15-8-2-1-3-11-22(15)16/h4,7,9,13H,1-3,5-6,8,10-12H2/t13-/m1/s1. The van der Waals surface area contributed by atoms with Gasteiger partial charge in [-0.3, -0.25) is 10.1 Å². The average Bonchev–Trinajstić information content (AvgIpc) is 2.90. The molecule has 132 valence electrons. The third-order valence-electron chi connectivity index (χ3n) is 5.19. The topological polar surface area (TPSA) is 90.0 Å². The maximum Gasteiger partial charge on any atom is 0.311 e. The highest BCUT2D eigenvalue weighted by atomic mass is 16.6. The van der Waals surface area contributed by atoms with Gasteiger partial charge in [-0.1, -0.05) is 6.42 Å². The van der Waals surface area contributed by atoms with E-state index in [0.717, 1.165) is 44.0 Å². The van der Waals surface area contributed by atoms with E-state index in [1.54, 1.807) is 12.3 Å². The van der Waals surface area contributed by atoms with Crippen molar-refractivity contribution in [2.24, 2.45) is 0 Å². The number of aryl methyl sites for hydroxylation is 1. The zero-order chi connectivity index (χ0) is 17.2. The van der Waals surface area contributed by atoms with Gasteiger partial charge < -0.3 is 9.47 Å². The van der Waals surface area contributed by atoms with Gasteiger partial charge in [0.05, 0.1) is 4.92 Å². The summed E-state index contributed by atoms with van der Waals surface area (Å²) in [6.45, 7) is 2.48. The van der Waals surface area contributed by atoms with E-state index in [2.05, 4.69) is 19.7 Å². The number of aromatic nitrogens is 4. The van der Waals surface area contributed by atoms with Crippen LogP contribution in [0.1, 0.15) is 49.7 Å². The minimum absolute atomic E-state index is 0.0724. The van der Waals surface area contributed by atoms with E-state index in [9.17, 15) is 10.1 Å². The third-order valence-corrected chi connectivity index (χ3v) is 5.19. The zero-order valence-electron chi connectivity index (χ0n) is 14.2. The Hall–Kier alpha value is -2.51. The highest BCUT2D eigenvalue weighted by Crippen LogP contribution is 2.33. The molecule has 4 heterocycles. The first kappa shape index (κ1) is 16.0.